The first-order chi connectivity index (χ1) is 16.5. The first-order valence-electron chi connectivity index (χ1n) is 11.2. The number of carbonyl (C=O) groups is 1. The Kier molecular flexibility index (Phi) is 6.07. The highest BCUT2D eigenvalue weighted by Crippen LogP contribution is 2.35. The Morgan fingerprint density at radius 2 is 1.91 bits per heavy atom. The Morgan fingerprint density at radius 3 is 2.68 bits per heavy atom. The van der Waals surface area contributed by atoms with E-state index in [1.165, 1.54) is 0 Å². The summed E-state index contributed by atoms with van der Waals surface area (Å²) in [5.41, 5.74) is 5.00. The number of ketones is 1. The number of fused-ring (bicyclic) bond motifs is 1. The molecular formula is C28H23BrN2O3. The lowest BCUT2D eigenvalue weighted by Crippen LogP contribution is -1.98. The molecule has 0 N–H and O–H groups in total. The van der Waals surface area contributed by atoms with Crippen LogP contribution in [0.15, 0.2) is 83.2 Å². The van der Waals surface area contributed by atoms with Crippen molar-refractivity contribution in [3.05, 3.63) is 99.8 Å². The molecule has 0 unspecified atom stereocenters. The summed E-state index contributed by atoms with van der Waals surface area (Å²) in [6, 6.07) is 21.4. The number of Topliss-reactive ketones (excluding diaryl/α,β-unsaturated/α-hetero) is 1. The molecule has 3 aromatic carbocycles. The molecule has 0 saturated heterocycles. The van der Waals surface area contributed by atoms with Crippen LogP contribution in [0.3, 0.4) is 0 Å². The number of hydrogen-bond acceptors (Lipinski definition) is 4. The molecule has 0 fully saturated rings. The van der Waals surface area contributed by atoms with E-state index in [0.29, 0.717) is 17.9 Å². The molecular weight excluding hydrogens is 492 g/mol. The number of ether oxygens (including phenoxy) is 2. The summed E-state index contributed by atoms with van der Waals surface area (Å²) >= 11 is 3.43. The van der Waals surface area contributed by atoms with Crippen LogP contribution in [0.25, 0.3) is 23.0 Å². The number of allylic oxidation sites excluding steroid dienone is 1. The lowest BCUT2D eigenvalue weighted by Gasteiger charge is -2.09. The van der Waals surface area contributed by atoms with Crippen molar-refractivity contribution in [3.63, 3.8) is 0 Å². The Labute approximate surface area is 206 Å². The third-order valence-electron chi connectivity index (χ3n) is 5.59. The van der Waals surface area contributed by atoms with Gasteiger partial charge in [0.1, 0.15) is 17.2 Å². The fourth-order valence-corrected chi connectivity index (χ4v) is 4.26. The van der Waals surface area contributed by atoms with Crippen LogP contribution in [-0.4, -0.2) is 22.2 Å². The minimum Gasteiger partial charge on any atom is -0.493 e. The number of nitrogens with zero attached hydrogens (tertiary/aromatic N) is 2. The van der Waals surface area contributed by atoms with Gasteiger partial charge in [0, 0.05) is 21.8 Å². The molecule has 1 aliphatic rings. The fourth-order valence-electron chi connectivity index (χ4n) is 3.90. The van der Waals surface area contributed by atoms with Gasteiger partial charge in [0.05, 0.1) is 17.9 Å². The van der Waals surface area contributed by atoms with Gasteiger partial charge in [-0.25, -0.2) is 4.68 Å². The molecule has 0 atom stereocenters. The average molecular weight is 515 g/mol. The molecule has 2 heterocycles. The molecule has 0 radical (unpaired) electrons. The molecule has 0 amide bonds. The van der Waals surface area contributed by atoms with Gasteiger partial charge in [-0.15, -0.1) is 0 Å². The van der Waals surface area contributed by atoms with Crippen LogP contribution in [0.1, 0.15) is 34.8 Å². The minimum atomic E-state index is -0.144. The van der Waals surface area contributed by atoms with Crippen molar-refractivity contribution in [2.75, 3.05) is 6.61 Å². The van der Waals surface area contributed by atoms with E-state index >= 15 is 0 Å². The van der Waals surface area contributed by atoms with E-state index < -0.39 is 0 Å². The molecule has 5 nitrogen and oxygen atoms in total. The van der Waals surface area contributed by atoms with E-state index in [4.69, 9.17) is 14.6 Å². The summed E-state index contributed by atoms with van der Waals surface area (Å²) in [4.78, 5) is 13.0. The van der Waals surface area contributed by atoms with Gasteiger partial charge in [-0.3, -0.25) is 4.79 Å². The van der Waals surface area contributed by atoms with E-state index in [1.807, 2.05) is 66.3 Å². The molecule has 170 valence electrons. The van der Waals surface area contributed by atoms with Crippen molar-refractivity contribution in [1.82, 2.24) is 9.78 Å². The molecule has 6 heteroatoms. The number of hydrogen-bond donors (Lipinski definition) is 0. The first kappa shape index (κ1) is 22.2. The predicted molar refractivity (Wildman–Crippen MR) is 137 cm³/mol. The van der Waals surface area contributed by atoms with Gasteiger partial charge in [0.25, 0.3) is 0 Å². The number of carbonyl (C=O) groups excluding carboxylic acids is 1. The van der Waals surface area contributed by atoms with Crippen molar-refractivity contribution in [2.45, 2.75) is 20.3 Å². The number of aryl methyl sites for hydroxylation is 1. The highest BCUT2D eigenvalue weighted by Gasteiger charge is 2.28. The second-order valence-corrected chi connectivity index (χ2v) is 9.04. The van der Waals surface area contributed by atoms with Crippen LogP contribution in [0.2, 0.25) is 0 Å². The summed E-state index contributed by atoms with van der Waals surface area (Å²) in [6.45, 7) is 4.79. The maximum Gasteiger partial charge on any atom is 0.232 e. The van der Waals surface area contributed by atoms with E-state index in [1.54, 1.807) is 18.2 Å². The van der Waals surface area contributed by atoms with Gasteiger partial charge in [-0.05, 0) is 73.5 Å². The molecule has 4 aromatic rings. The number of rotatable bonds is 6. The zero-order valence-electron chi connectivity index (χ0n) is 18.9. The minimum absolute atomic E-state index is 0.144. The van der Waals surface area contributed by atoms with Gasteiger partial charge in [-0.1, -0.05) is 41.1 Å². The van der Waals surface area contributed by atoms with E-state index in [9.17, 15) is 4.79 Å². The quantitative estimate of drug-likeness (QED) is 0.259. The Balaban J connectivity index is 1.58. The van der Waals surface area contributed by atoms with E-state index in [0.717, 1.165) is 44.7 Å². The van der Waals surface area contributed by atoms with Crippen LogP contribution >= 0.6 is 15.9 Å². The Hall–Kier alpha value is -3.64. The van der Waals surface area contributed by atoms with Gasteiger partial charge < -0.3 is 9.47 Å². The zero-order chi connectivity index (χ0) is 23.7. The van der Waals surface area contributed by atoms with Gasteiger partial charge >= 0.3 is 0 Å². The summed E-state index contributed by atoms with van der Waals surface area (Å²) < 4.78 is 14.4. The fraction of sp³-hybridized carbons (Fsp3) is 0.143. The average Bonchev–Trinajstić information content (AvgIpc) is 3.40. The standard InChI is InChI=1S/C28H23BrN2O3/c1-3-13-33-24-11-9-19(14-18(24)2)27-20(17-31(30-27)22-7-5-4-6-8-22)15-26-28(32)23-16-21(29)10-12-25(23)34-26/h4-12,14-17H,3,13H2,1-2H3/b26-15-. The molecule has 0 saturated carbocycles. The lowest BCUT2D eigenvalue weighted by molar-refractivity contribution is 0.101. The third kappa shape index (κ3) is 4.29. The molecule has 0 spiro atoms. The summed E-state index contributed by atoms with van der Waals surface area (Å²) in [6.07, 6.45) is 4.65. The summed E-state index contributed by atoms with van der Waals surface area (Å²) in [5.74, 6) is 1.56. The summed E-state index contributed by atoms with van der Waals surface area (Å²) in [7, 11) is 0. The van der Waals surface area contributed by atoms with Gasteiger partial charge in [0.2, 0.25) is 5.78 Å². The number of para-hydroxylation sites is 1. The number of benzene rings is 3. The van der Waals surface area contributed by atoms with E-state index in [2.05, 4.69) is 28.9 Å². The Morgan fingerprint density at radius 1 is 1.09 bits per heavy atom. The molecule has 0 aliphatic carbocycles. The smallest absolute Gasteiger partial charge is 0.232 e. The second-order valence-electron chi connectivity index (χ2n) is 8.12. The zero-order valence-corrected chi connectivity index (χ0v) is 20.5. The topological polar surface area (TPSA) is 53.4 Å². The Bertz CT molecular complexity index is 1410. The number of halogens is 1. The normalized spacial score (nSPS) is 13.7. The molecule has 5 rings (SSSR count). The maximum absolute atomic E-state index is 13.0. The SMILES string of the molecule is CCCOc1ccc(-c2nn(-c3ccccc3)cc2/C=C2\Oc3ccc(Br)cc3C2=O)cc1C. The van der Waals surface area contributed by atoms with Crippen molar-refractivity contribution in [3.8, 4) is 28.4 Å². The maximum atomic E-state index is 13.0. The van der Waals surface area contributed by atoms with E-state index in [-0.39, 0.29) is 11.5 Å². The first-order valence-corrected chi connectivity index (χ1v) is 12.0. The summed E-state index contributed by atoms with van der Waals surface area (Å²) in [5, 5.41) is 4.87. The largest absolute Gasteiger partial charge is 0.493 e. The highest BCUT2D eigenvalue weighted by atomic mass is 79.9. The highest BCUT2D eigenvalue weighted by molar-refractivity contribution is 9.10. The van der Waals surface area contributed by atoms with Crippen molar-refractivity contribution in [1.29, 1.82) is 0 Å². The van der Waals surface area contributed by atoms with Crippen molar-refractivity contribution >= 4 is 27.8 Å². The number of aromatic nitrogens is 2. The second kappa shape index (κ2) is 9.31. The van der Waals surface area contributed by atoms with Crippen LogP contribution < -0.4 is 9.47 Å². The van der Waals surface area contributed by atoms with Crippen molar-refractivity contribution < 1.29 is 14.3 Å². The van der Waals surface area contributed by atoms with Crippen LogP contribution in [0.4, 0.5) is 0 Å². The van der Waals surface area contributed by atoms with Crippen LogP contribution in [0, 0.1) is 6.92 Å². The monoisotopic (exact) mass is 514 g/mol. The van der Waals surface area contributed by atoms with Crippen molar-refractivity contribution in [2.24, 2.45) is 0 Å². The molecule has 34 heavy (non-hydrogen) atoms. The predicted octanol–water partition coefficient (Wildman–Crippen LogP) is 7.02. The van der Waals surface area contributed by atoms with Crippen LogP contribution in [-0.2, 0) is 0 Å². The van der Waals surface area contributed by atoms with Gasteiger partial charge in [0.15, 0.2) is 5.76 Å². The third-order valence-corrected chi connectivity index (χ3v) is 6.08. The van der Waals surface area contributed by atoms with Crippen LogP contribution in [0.5, 0.6) is 11.5 Å². The lowest BCUT2D eigenvalue weighted by atomic mass is 10.0. The van der Waals surface area contributed by atoms with Gasteiger partial charge in [-0.2, -0.15) is 5.10 Å². The molecule has 1 aliphatic heterocycles. The molecule has 1 aromatic heterocycles. The molecule has 0 bridgehead atoms.